The summed E-state index contributed by atoms with van der Waals surface area (Å²) in [7, 11) is 3.94. The summed E-state index contributed by atoms with van der Waals surface area (Å²) < 4.78 is 0. The van der Waals surface area contributed by atoms with Gasteiger partial charge in [0, 0.05) is 55.4 Å². The molecule has 2 aromatic rings. The minimum Gasteiger partial charge on any atom is -0.512 e. The van der Waals surface area contributed by atoms with Gasteiger partial charge >= 0.3 is 0 Å². The minimum absolute atomic E-state index is 0.137. The summed E-state index contributed by atoms with van der Waals surface area (Å²) in [5, 5.41) is 16.0. The fourth-order valence-electron chi connectivity index (χ4n) is 3.47. The van der Waals surface area contributed by atoms with E-state index < -0.39 is 0 Å². The van der Waals surface area contributed by atoms with Crippen molar-refractivity contribution >= 4 is 11.7 Å². The van der Waals surface area contributed by atoms with Crippen molar-refractivity contribution in [3.63, 3.8) is 0 Å². The van der Waals surface area contributed by atoms with Crippen molar-refractivity contribution in [1.82, 2.24) is 20.2 Å². The highest BCUT2D eigenvalue weighted by Gasteiger charge is 2.10. The van der Waals surface area contributed by atoms with Crippen molar-refractivity contribution in [2.45, 2.75) is 26.7 Å². The predicted molar refractivity (Wildman–Crippen MR) is 138 cm³/mol. The van der Waals surface area contributed by atoms with Crippen LogP contribution in [0.3, 0.4) is 0 Å². The maximum atomic E-state index is 12.4. The molecule has 0 aromatic carbocycles. The van der Waals surface area contributed by atoms with E-state index in [0.717, 1.165) is 46.6 Å². The molecule has 0 saturated heterocycles. The number of nitrogens with zero attached hydrogens (tertiary/aromatic N) is 3. The van der Waals surface area contributed by atoms with Gasteiger partial charge < -0.3 is 20.6 Å². The molecule has 178 valence electrons. The van der Waals surface area contributed by atoms with E-state index in [1.165, 1.54) is 0 Å². The maximum absolute atomic E-state index is 12.4. The maximum Gasteiger partial charge on any atom is 0.252 e. The molecule has 0 radical (unpaired) electrons. The molecule has 3 N–H and O–H groups in total. The van der Waals surface area contributed by atoms with Crippen LogP contribution in [-0.2, 0) is 0 Å². The normalized spacial score (nSPS) is 18.2. The van der Waals surface area contributed by atoms with Gasteiger partial charge in [0.25, 0.3) is 5.91 Å². The Kier molecular flexibility index (Phi) is 8.76. The first-order chi connectivity index (χ1) is 16.3. The van der Waals surface area contributed by atoms with E-state index in [1.807, 2.05) is 63.3 Å². The molecule has 0 saturated carbocycles. The van der Waals surface area contributed by atoms with Crippen molar-refractivity contribution in [3.8, 4) is 11.1 Å². The van der Waals surface area contributed by atoms with Crippen LogP contribution < -0.4 is 10.6 Å². The second kappa shape index (κ2) is 12.0. The van der Waals surface area contributed by atoms with E-state index in [-0.39, 0.29) is 5.91 Å². The SMILES string of the molecule is CC(=C\Nc1ncc(-c2cncc(C(=O)NCCN(C)C)c2)cc1C)/C1=C/C=C\C=C(\O)CC1. The third-order valence-corrected chi connectivity index (χ3v) is 5.54. The molecule has 1 amide bonds. The first-order valence-electron chi connectivity index (χ1n) is 11.4. The van der Waals surface area contributed by atoms with Crippen molar-refractivity contribution in [2.24, 2.45) is 0 Å². The number of aryl methyl sites for hydroxylation is 1. The highest BCUT2D eigenvalue weighted by Crippen LogP contribution is 2.24. The first kappa shape index (κ1) is 24.9. The fourth-order valence-corrected chi connectivity index (χ4v) is 3.47. The molecular weight excluding hydrogens is 426 g/mol. The number of pyridine rings is 2. The van der Waals surface area contributed by atoms with Crippen LogP contribution in [0, 0.1) is 6.92 Å². The molecule has 0 atom stereocenters. The second-order valence-corrected chi connectivity index (χ2v) is 8.62. The van der Waals surface area contributed by atoms with E-state index in [9.17, 15) is 9.90 Å². The Morgan fingerprint density at radius 3 is 2.65 bits per heavy atom. The number of hydrogen-bond donors (Lipinski definition) is 3. The quantitative estimate of drug-likeness (QED) is 0.526. The number of allylic oxidation sites excluding steroid dienone is 7. The van der Waals surface area contributed by atoms with Crippen molar-refractivity contribution in [1.29, 1.82) is 0 Å². The van der Waals surface area contributed by atoms with Gasteiger partial charge in [-0.3, -0.25) is 9.78 Å². The van der Waals surface area contributed by atoms with Crippen LogP contribution in [0.25, 0.3) is 11.1 Å². The van der Waals surface area contributed by atoms with Crippen LogP contribution in [0.2, 0.25) is 0 Å². The molecule has 7 heteroatoms. The van der Waals surface area contributed by atoms with E-state index in [2.05, 4.69) is 26.7 Å². The smallest absolute Gasteiger partial charge is 0.252 e. The summed E-state index contributed by atoms with van der Waals surface area (Å²) in [5.74, 6) is 1.01. The molecule has 0 spiro atoms. The van der Waals surface area contributed by atoms with Crippen LogP contribution in [-0.4, -0.2) is 53.1 Å². The zero-order valence-electron chi connectivity index (χ0n) is 20.3. The van der Waals surface area contributed by atoms with Gasteiger partial charge in [0.15, 0.2) is 0 Å². The van der Waals surface area contributed by atoms with Gasteiger partial charge in [-0.1, -0.05) is 18.2 Å². The molecule has 2 aromatic heterocycles. The third kappa shape index (κ3) is 7.15. The molecule has 7 nitrogen and oxygen atoms in total. The van der Waals surface area contributed by atoms with Crippen LogP contribution in [0.1, 0.15) is 35.7 Å². The van der Waals surface area contributed by atoms with Crippen molar-refractivity contribution in [3.05, 3.63) is 89.3 Å². The third-order valence-electron chi connectivity index (χ3n) is 5.54. The Labute approximate surface area is 201 Å². The molecule has 0 aliphatic heterocycles. The van der Waals surface area contributed by atoms with Gasteiger partial charge in [0.1, 0.15) is 5.82 Å². The average Bonchev–Trinajstić information content (AvgIpc) is 2.80. The van der Waals surface area contributed by atoms with Gasteiger partial charge in [-0.05, 0) is 69.3 Å². The van der Waals surface area contributed by atoms with Gasteiger partial charge in [0.05, 0.1) is 11.3 Å². The zero-order valence-corrected chi connectivity index (χ0v) is 20.3. The van der Waals surface area contributed by atoms with Gasteiger partial charge in [-0.2, -0.15) is 0 Å². The highest BCUT2D eigenvalue weighted by molar-refractivity contribution is 5.95. The van der Waals surface area contributed by atoms with Crippen molar-refractivity contribution in [2.75, 3.05) is 32.5 Å². The molecule has 1 aliphatic carbocycles. The number of carbonyl (C=O) groups excluding carboxylic acids is 1. The monoisotopic (exact) mass is 459 g/mol. The number of aliphatic hydroxyl groups is 1. The van der Waals surface area contributed by atoms with E-state index in [1.54, 1.807) is 24.7 Å². The van der Waals surface area contributed by atoms with Crippen LogP contribution in [0.15, 0.2) is 78.1 Å². The molecule has 3 rings (SSSR count). The number of aromatic nitrogens is 2. The summed E-state index contributed by atoms with van der Waals surface area (Å²) in [6.45, 7) is 5.39. The lowest BCUT2D eigenvalue weighted by atomic mass is 10.0. The Hall–Kier alpha value is -3.71. The number of anilines is 1. The van der Waals surface area contributed by atoms with Crippen LogP contribution in [0.5, 0.6) is 0 Å². The molecular formula is C27H33N5O2. The molecule has 0 fully saturated rings. The van der Waals surface area contributed by atoms with E-state index in [0.29, 0.717) is 24.3 Å². The Balaban J connectivity index is 1.69. The standard InChI is InChI=1S/C27H33N5O2/c1-19-13-22(23-14-24(17-28-16-23)27(34)29-11-12-32(3)4)18-31-26(19)30-15-20(2)21-7-5-6-8-25(33)10-9-21/h5-8,13-18,33H,9-12H2,1-4H3,(H,29,34)(H,30,31)/b6-5-,20-15+,21-7+,25-8+. The van der Waals surface area contributed by atoms with E-state index >= 15 is 0 Å². The fraction of sp³-hybridized carbons (Fsp3) is 0.296. The summed E-state index contributed by atoms with van der Waals surface area (Å²) >= 11 is 0. The predicted octanol–water partition coefficient (Wildman–Crippen LogP) is 4.78. The van der Waals surface area contributed by atoms with Gasteiger partial charge in [-0.25, -0.2) is 4.98 Å². The minimum atomic E-state index is -0.137. The Bertz CT molecular complexity index is 1150. The number of aliphatic hydroxyl groups excluding tert-OH is 1. The second-order valence-electron chi connectivity index (χ2n) is 8.62. The van der Waals surface area contributed by atoms with E-state index in [4.69, 9.17) is 0 Å². The number of hydrogen-bond acceptors (Lipinski definition) is 6. The number of nitrogens with one attached hydrogen (secondary N) is 2. The zero-order chi connectivity index (χ0) is 24.5. The number of rotatable bonds is 8. The Morgan fingerprint density at radius 2 is 1.88 bits per heavy atom. The number of carbonyl (C=O) groups is 1. The summed E-state index contributed by atoms with van der Waals surface area (Å²) in [6, 6.07) is 3.87. The molecule has 1 aliphatic rings. The number of likely N-dealkylation sites (N-methyl/N-ethyl adjacent to an activating group) is 1. The van der Waals surface area contributed by atoms with Crippen LogP contribution in [0.4, 0.5) is 5.82 Å². The summed E-state index contributed by atoms with van der Waals surface area (Å²) in [6.07, 6.45) is 16.0. The van der Waals surface area contributed by atoms with Crippen molar-refractivity contribution < 1.29 is 9.90 Å². The average molecular weight is 460 g/mol. The molecule has 0 unspecified atom stereocenters. The van der Waals surface area contributed by atoms with Gasteiger partial charge in [0.2, 0.25) is 0 Å². The lowest BCUT2D eigenvalue weighted by molar-refractivity contribution is 0.0950. The Morgan fingerprint density at radius 1 is 1.12 bits per heavy atom. The summed E-state index contributed by atoms with van der Waals surface area (Å²) in [5.41, 5.74) is 5.49. The summed E-state index contributed by atoms with van der Waals surface area (Å²) in [4.78, 5) is 23.3. The largest absolute Gasteiger partial charge is 0.512 e. The molecule has 34 heavy (non-hydrogen) atoms. The lowest BCUT2D eigenvalue weighted by Gasteiger charge is -2.12. The molecule has 0 bridgehead atoms. The van der Waals surface area contributed by atoms with Gasteiger partial charge in [-0.15, -0.1) is 0 Å². The number of amides is 1. The first-order valence-corrected chi connectivity index (χ1v) is 11.4. The molecule has 2 heterocycles. The highest BCUT2D eigenvalue weighted by atomic mass is 16.3. The lowest BCUT2D eigenvalue weighted by Crippen LogP contribution is -2.31. The topological polar surface area (TPSA) is 90.4 Å². The van der Waals surface area contributed by atoms with Crippen LogP contribution >= 0.6 is 0 Å².